The highest BCUT2D eigenvalue weighted by atomic mass is 32.1. The van der Waals surface area contributed by atoms with E-state index in [0.717, 1.165) is 38.9 Å². The third kappa shape index (κ3) is 2.92. The predicted molar refractivity (Wildman–Crippen MR) is 115 cm³/mol. The molecule has 144 valence electrons. The van der Waals surface area contributed by atoms with Crippen molar-refractivity contribution in [3.63, 3.8) is 0 Å². The van der Waals surface area contributed by atoms with Gasteiger partial charge in [0, 0.05) is 5.39 Å². The first-order valence-corrected chi connectivity index (χ1v) is 10.3. The number of aryl methyl sites for hydroxylation is 1. The first kappa shape index (κ1) is 17.7. The first-order valence-electron chi connectivity index (χ1n) is 9.44. The van der Waals surface area contributed by atoms with E-state index in [1.807, 2.05) is 66.9 Å². The molecule has 1 unspecified atom stereocenters. The molecule has 2 aromatic carbocycles. The molecule has 0 fully saturated rings. The molecular weight excluding hydrogens is 384 g/mol. The van der Waals surface area contributed by atoms with Gasteiger partial charge in [-0.25, -0.2) is 9.97 Å². The summed E-state index contributed by atoms with van der Waals surface area (Å²) in [5, 5.41) is 13.4. The maximum Gasteiger partial charge on any atom is 0.249 e. The van der Waals surface area contributed by atoms with Gasteiger partial charge in [-0.15, -0.1) is 10.2 Å². The van der Waals surface area contributed by atoms with Crippen molar-refractivity contribution in [3.05, 3.63) is 53.5 Å². The van der Waals surface area contributed by atoms with E-state index in [1.165, 1.54) is 11.3 Å². The Morgan fingerprint density at radius 2 is 1.79 bits per heavy atom. The van der Waals surface area contributed by atoms with Crippen LogP contribution in [0.2, 0.25) is 0 Å². The molecule has 0 radical (unpaired) electrons. The number of carbonyl (C=O) groups excluding carboxylic acids is 1. The number of fused-ring (bicyclic) bond motifs is 4. The molecular formula is C21H18N6OS. The van der Waals surface area contributed by atoms with E-state index in [2.05, 4.69) is 15.5 Å². The number of nitrogens with one attached hydrogen (secondary N) is 1. The van der Waals surface area contributed by atoms with Gasteiger partial charge in [0.1, 0.15) is 16.6 Å². The average molecular weight is 402 g/mol. The number of rotatable bonds is 4. The Morgan fingerprint density at radius 3 is 2.55 bits per heavy atom. The van der Waals surface area contributed by atoms with Gasteiger partial charge in [0.2, 0.25) is 11.0 Å². The molecule has 8 heteroatoms. The van der Waals surface area contributed by atoms with Gasteiger partial charge in [-0.2, -0.15) is 0 Å². The van der Waals surface area contributed by atoms with Crippen LogP contribution in [-0.2, 0) is 11.2 Å². The van der Waals surface area contributed by atoms with E-state index < -0.39 is 6.04 Å². The van der Waals surface area contributed by atoms with Gasteiger partial charge in [-0.1, -0.05) is 48.6 Å². The second-order valence-corrected chi connectivity index (χ2v) is 7.85. The molecule has 3 aromatic heterocycles. The quantitative estimate of drug-likeness (QED) is 0.483. The van der Waals surface area contributed by atoms with Crippen LogP contribution in [0.5, 0.6) is 0 Å². The summed E-state index contributed by atoms with van der Waals surface area (Å²) >= 11 is 1.39. The Kier molecular flexibility index (Phi) is 4.21. The Hall–Kier alpha value is -3.39. The number of anilines is 1. The highest BCUT2D eigenvalue weighted by Crippen LogP contribution is 2.31. The van der Waals surface area contributed by atoms with Crippen LogP contribution in [-0.4, -0.2) is 30.6 Å². The van der Waals surface area contributed by atoms with Crippen LogP contribution in [0.25, 0.3) is 33.1 Å². The van der Waals surface area contributed by atoms with Crippen LogP contribution < -0.4 is 5.32 Å². The molecule has 0 saturated carbocycles. The van der Waals surface area contributed by atoms with Gasteiger partial charge in [0.25, 0.3) is 0 Å². The van der Waals surface area contributed by atoms with Gasteiger partial charge >= 0.3 is 0 Å². The summed E-state index contributed by atoms with van der Waals surface area (Å²) in [5.74, 6) is -0.165. The summed E-state index contributed by atoms with van der Waals surface area (Å²) in [4.78, 5) is 22.7. The highest BCUT2D eigenvalue weighted by Gasteiger charge is 2.23. The topological polar surface area (TPSA) is 85.6 Å². The van der Waals surface area contributed by atoms with E-state index in [4.69, 9.17) is 9.97 Å². The lowest BCUT2D eigenvalue weighted by Crippen LogP contribution is -2.23. The van der Waals surface area contributed by atoms with Gasteiger partial charge in [0.05, 0.1) is 16.6 Å². The number of hydrogen-bond donors (Lipinski definition) is 1. The maximum atomic E-state index is 13.0. The van der Waals surface area contributed by atoms with Crippen LogP contribution in [0.3, 0.4) is 0 Å². The average Bonchev–Trinajstić information content (AvgIpc) is 3.33. The molecule has 7 nitrogen and oxygen atoms in total. The SMILES string of the molecule is CCc1nnc(NC(=O)C(C)n2c3ccccc3c3nc4ccccc4nc32)s1. The molecule has 0 bridgehead atoms. The molecule has 5 rings (SSSR count). The van der Waals surface area contributed by atoms with Crippen molar-refractivity contribution in [2.75, 3.05) is 5.32 Å². The lowest BCUT2D eigenvalue weighted by Gasteiger charge is -2.15. The standard InChI is InChI=1S/C21H18N6OS/c1-3-17-25-26-21(29-17)24-20(28)12(2)27-16-11-7-4-8-13(16)18-19(27)23-15-10-6-5-9-14(15)22-18/h4-12H,3H2,1-2H3,(H,24,26,28). The van der Waals surface area contributed by atoms with Gasteiger partial charge in [-0.05, 0) is 31.5 Å². The molecule has 29 heavy (non-hydrogen) atoms. The molecule has 1 atom stereocenters. The van der Waals surface area contributed by atoms with Crippen LogP contribution in [0.4, 0.5) is 5.13 Å². The Bertz CT molecular complexity index is 1370. The fourth-order valence-corrected chi connectivity index (χ4v) is 4.19. The lowest BCUT2D eigenvalue weighted by molar-refractivity contribution is -0.118. The smallest absolute Gasteiger partial charge is 0.249 e. The van der Waals surface area contributed by atoms with Gasteiger partial charge in [-0.3, -0.25) is 10.1 Å². The van der Waals surface area contributed by atoms with E-state index >= 15 is 0 Å². The minimum Gasteiger partial charge on any atom is -0.312 e. The highest BCUT2D eigenvalue weighted by molar-refractivity contribution is 7.15. The van der Waals surface area contributed by atoms with E-state index in [-0.39, 0.29) is 5.91 Å². The van der Waals surface area contributed by atoms with Gasteiger partial charge in [0.15, 0.2) is 5.65 Å². The number of aromatic nitrogens is 5. The summed E-state index contributed by atoms with van der Waals surface area (Å²) in [6.45, 7) is 3.87. The zero-order valence-electron chi connectivity index (χ0n) is 16.0. The lowest BCUT2D eigenvalue weighted by atomic mass is 10.2. The van der Waals surface area contributed by atoms with Crippen molar-refractivity contribution in [2.45, 2.75) is 26.3 Å². The van der Waals surface area contributed by atoms with Crippen molar-refractivity contribution in [1.82, 2.24) is 24.7 Å². The maximum absolute atomic E-state index is 13.0. The molecule has 0 aliphatic heterocycles. The number of amides is 1. The third-order valence-electron chi connectivity index (χ3n) is 4.97. The normalized spacial score (nSPS) is 12.6. The Labute approximate surface area is 170 Å². The van der Waals surface area contributed by atoms with Crippen LogP contribution in [0, 0.1) is 0 Å². The van der Waals surface area contributed by atoms with Crippen LogP contribution in [0.15, 0.2) is 48.5 Å². The van der Waals surface area contributed by atoms with Crippen LogP contribution in [0.1, 0.15) is 24.9 Å². The van der Waals surface area contributed by atoms with Crippen LogP contribution >= 0.6 is 11.3 Å². The number of nitrogens with zero attached hydrogens (tertiary/aromatic N) is 5. The fraction of sp³-hybridized carbons (Fsp3) is 0.190. The number of hydrogen-bond acceptors (Lipinski definition) is 6. The van der Waals surface area contributed by atoms with Crippen molar-refractivity contribution in [1.29, 1.82) is 0 Å². The van der Waals surface area contributed by atoms with Crippen molar-refractivity contribution < 1.29 is 4.79 Å². The van der Waals surface area contributed by atoms with Gasteiger partial charge < -0.3 is 4.57 Å². The van der Waals surface area contributed by atoms with Crippen molar-refractivity contribution in [2.24, 2.45) is 0 Å². The molecule has 0 saturated heterocycles. The zero-order chi connectivity index (χ0) is 20.0. The number of benzene rings is 2. The number of para-hydroxylation sites is 3. The summed E-state index contributed by atoms with van der Waals surface area (Å²) in [6, 6.07) is 15.2. The summed E-state index contributed by atoms with van der Waals surface area (Å²) in [6.07, 6.45) is 0.790. The molecule has 1 amide bonds. The van der Waals surface area contributed by atoms with Crippen molar-refractivity contribution >= 4 is 55.5 Å². The minimum absolute atomic E-state index is 0.165. The Morgan fingerprint density at radius 1 is 1.07 bits per heavy atom. The Balaban J connectivity index is 1.65. The third-order valence-corrected chi connectivity index (χ3v) is 5.95. The van der Waals surface area contributed by atoms with Crippen molar-refractivity contribution in [3.8, 4) is 0 Å². The molecule has 0 spiro atoms. The second kappa shape index (κ2) is 6.89. The fourth-order valence-electron chi connectivity index (χ4n) is 3.50. The predicted octanol–water partition coefficient (Wildman–Crippen LogP) is 4.35. The largest absolute Gasteiger partial charge is 0.312 e. The molecule has 1 N–H and O–H groups in total. The minimum atomic E-state index is -0.498. The second-order valence-electron chi connectivity index (χ2n) is 6.79. The summed E-state index contributed by atoms with van der Waals surface area (Å²) in [5.41, 5.74) is 4.04. The molecule has 0 aliphatic carbocycles. The molecule has 3 heterocycles. The van der Waals surface area contributed by atoms with E-state index in [0.29, 0.717) is 10.8 Å². The molecule has 0 aliphatic rings. The van der Waals surface area contributed by atoms with E-state index in [1.54, 1.807) is 0 Å². The van der Waals surface area contributed by atoms with E-state index in [9.17, 15) is 4.79 Å². The first-order chi connectivity index (χ1) is 14.2. The summed E-state index contributed by atoms with van der Waals surface area (Å²) < 4.78 is 1.95. The zero-order valence-corrected chi connectivity index (χ0v) is 16.8. The summed E-state index contributed by atoms with van der Waals surface area (Å²) in [7, 11) is 0. The monoisotopic (exact) mass is 402 g/mol. The number of carbonyl (C=O) groups is 1. The molecule has 5 aromatic rings.